The molecule has 0 saturated heterocycles. The Balaban J connectivity index is 1.82. The first kappa shape index (κ1) is 11.6. The lowest BCUT2D eigenvalue weighted by molar-refractivity contribution is 0.183. The van der Waals surface area contributed by atoms with Crippen LogP contribution in [0.3, 0.4) is 0 Å². The molecular formula is C14H21NO. The van der Waals surface area contributed by atoms with E-state index in [4.69, 9.17) is 4.74 Å². The van der Waals surface area contributed by atoms with Crippen molar-refractivity contribution in [2.45, 2.75) is 38.3 Å². The molecule has 2 rings (SSSR count). The van der Waals surface area contributed by atoms with Gasteiger partial charge in [-0.05, 0) is 37.3 Å². The Hall–Kier alpha value is -0.860. The van der Waals surface area contributed by atoms with Crippen molar-refractivity contribution in [1.29, 1.82) is 0 Å². The molecule has 1 aromatic rings. The van der Waals surface area contributed by atoms with Crippen LogP contribution < -0.4 is 5.32 Å². The zero-order chi connectivity index (χ0) is 11.4. The Kier molecular flexibility index (Phi) is 3.97. The van der Waals surface area contributed by atoms with Crippen LogP contribution in [0.5, 0.6) is 0 Å². The summed E-state index contributed by atoms with van der Waals surface area (Å²) in [7, 11) is 1.76. The van der Waals surface area contributed by atoms with Gasteiger partial charge in [0.05, 0.1) is 0 Å². The van der Waals surface area contributed by atoms with Gasteiger partial charge in [-0.15, -0.1) is 0 Å². The standard InChI is InChI=1S/C14H21NO/c1-11(7-8-16-2)15-14-9-12-5-3-4-6-13(12)10-14/h3-6,11,14-15H,7-10H2,1-2H3. The van der Waals surface area contributed by atoms with Crippen molar-refractivity contribution >= 4 is 0 Å². The maximum atomic E-state index is 5.10. The summed E-state index contributed by atoms with van der Waals surface area (Å²) in [5, 5.41) is 3.68. The van der Waals surface area contributed by atoms with Gasteiger partial charge in [-0.2, -0.15) is 0 Å². The summed E-state index contributed by atoms with van der Waals surface area (Å²) in [6.07, 6.45) is 3.43. The quantitative estimate of drug-likeness (QED) is 0.819. The Morgan fingerprint density at radius 1 is 1.31 bits per heavy atom. The molecule has 0 fully saturated rings. The summed E-state index contributed by atoms with van der Waals surface area (Å²) in [6.45, 7) is 3.08. The lowest BCUT2D eigenvalue weighted by atomic mass is 10.1. The zero-order valence-corrected chi connectivity index (χ0v) is 10.2. The minimum atomic E-state index is 0.541. The fraction of sp³-hybridized carbons (Fsp3) is 0.571. The number of hydrogen-bond acceptors (Lipinski definition) is 2. The zero-order valence-electron chi connectivity index (χ0n) is 10.2. The monoisotopic (exact) mass is 219 g/mol. The van der Waals surface area contributed by atoms with Crippen molar-refractivity contribution in [2.24, 2.45) is 0 Å². The van der Waals surface area contributed by atoms with Crippen molar-refractivity contribution in [2.75, 3.05) is 13.7 Å². The van der Waals surface area contributed by atoms with Crippen molar-refractivity contribution in [3.05, 3.63) is 35.4 Å². The van der Waals surface area contributed by atoms with Gasteiger partial charge in [0, 0.05) is 25.8 Å². The molecule has 1 aliphatic rings. The van der Waals surface area contributed by atoms with Crippen LogP contribution in [-0.4, -0.2) is 25.8 Å². The van der Waals surface area contributed by atoms with E-state index in [-0.39, 0.29) is 0 Å². The van der Waals surface area contributed by atoms with E-state index in [2.05, 4.69) is 36.5 Å². The van der Waals surface area contributed by atoms with Crippen LogP contribution in [0.1, 0.15) is 24.5 Å². The van der Waals surface area contributed by atoms with Gasteiger partial charge in [0.2, 0.25) is 0 Å². The van der Waals surface area contributed by atoms with E-state index in [9.17, 15) is 0 Å². The molecule has 0 saturated carbocycles. The Morgan fingerprint density at radius 2 is 1.94 bits per heavy atom. The molecule has 16 heavy (non-hydrogen) atoms. The molecule has 1 aliphatic carbocycles. The normalized spacial score (nSPS) is 17.4. The predicted molar refractivity (Wildman–Crippen MR) is 66.7 cm³/mol. The summed E-state index contributed by atoms with van der Waals surface area (Å²) >= 11 is 0. The molecule has 0 heterocycles. The van der Waals surface area contributed by atoms with E-state index in [0.29, 0.717) is 12.1 Å². The molecule has 0 spiro atoms. The Morgan fingerprint density at radius 3 is 2.50 bits per heavy atom. The van der Waals surface area contributed by atoms with Crippen molar-refractivity contribution in [3.63, 3.8) is 0 Å². The smallest absolute Gasteiger partial charge is 0.0476 e. The van der Waals surface area contributed by atoms with Gasteiger partial charge >= 0.3 is 0 Å². The average Bonchev–Trinajstić information content (AvgIpc) is 2.68. The van der Waals surface area contributed by atoms with E-state index in [0.717, 1.165) is 13.0 Å². The molecule has 2 nitrogen and oxygen atoms in total. The number of rotatable bonds is 5. The average molecular weight is 219 g/mol. The van der Waals surface area contributed by atoms with E-state index in [1.54, 1.807) is 7.11 Å². The van der Waals surface area contributed by atoms with Crippen molar-refractivity contribution < 1.29 is 4.74 Å². The van der Waals surface area contributed by atoms with Gasteiger partial charge in [0.15, 0.2) is 0 Å². The van der Waals surface area contributed by atoms with E-state index >= 15 is 0 Å². The molecule has 2 heteroatoms. The number of nitrogens with one attached hydrogen (secondary N) is 1. The molecule has 88 valence electrons. The highest BCUT2D eigenvalue weighted by atomic mass is 16.5. The van der Waals surface area contributed by atoms with Crippen LogP contribution in [0.25, 0.3) is 0 Å². The second kappa shape index (κ2) is 5.46. The molecule has 1 atom stereocenters. The molecule has 0 bridgehead atoms. The second-order valence-electron chi connectivity index (χ2n) is 4.72. The molecule has 1 unspecified atom stereocenters. The third kappa shape index (κ3) is 2.83. The second-order valence-corrected chi connectivity index (χ2v) is 4.72. The molecule has 0 amide bonds. The van der Waals surface area contributed by atoms with Gasteiger partial charge < -0.3 is 10.1 Å². The van der Waals surface area contributed by atoms with Gasteiger partial charge in [-0.3, -0.25) is 0 Å². The maximum Gasteiger partial charge on any atom is 0.0476 e. The van der Waals surface area contributed by atoms with Crippen molar-refractivity contribution in [1.82, 2.24) is 5.32 Å². The first-order valence-electron chi connectivity index (χ1n) is 6.11. The number of ether oxygens (including phenoxy) is 1. The third-order valence-electron chi connectivity index (χ3n) is 3.33. The lowest BCUT2D eigenvalue weighted by Gasteiger charge is -2.18. The van der Waals surface area contributed by atoms with Gasteiger partial charge in [-0.25, -0.2) is 0 Å². The molecule has 0 aromatic heterocycles. The first-order valence-corrected chi connectivity index (χ1v) is 6.11. The largest absolute Gasteiger partial charge is 0.385 e. The first-order chi connectivity index (χ1) is 7.79. The predicted octanol–water partition coefficient (Wildman–Crippen LogP) is 2.17. The van der Waals surface area contributed by atoms with Crippen LogP contribution in [0.2, 0.25) is 0 Å². The summed E-state index contributed by atoms with van der Waals surface area (Å²) in [4.78, 5) is 0. The van der Waals surface area contributed by atoms with Crippen molar-refractivity contribution in [3.8, 4) is 0 Å². The summed E-state index contributed by atoms with van der Waals surface area (Å²) in [5.74, 6) is 0. The highest BCUT2D eigenvalue weighted by Crippen LogP contribution is 2.22. The summed E-state index contributed by atoms with van der Waals surface area (Å²) < 4.78 is 5.10. The highest BCUT2D eigenvalue weighted by Gasteiger charge is 2.21. The van der Waals surface area contributed by atoms with Crippen LogP contribution in [0.15, 0.2) is 24.3 Å². The van der Waals surface area contributed by atoms with Gasteiger partial charge in [-0.1, -0.05) is 24.3 Å². The number of hydrogen-bond donors (Lipinski definition) is 1. The molecule has 1 aromatic carbocycles. The van der Waals surface area contributed by atoms with E-state index in [1.165, 1.54) is 24.0 Å². The minimum absolute atomic E-state index is 0.541. The number of methoxy groups -OCH3 is 1. The van der Waals surface area contributed by atoms with Crippen LogP contribution in [-0.2, 0) is 17.6 Å². The molecule has 0 radical (unpaired) electrons. The van der Waals surface area contributed by atoms with Crippen LogP contribution >= 0.6 is 0 Å². The number of benzene rings is 1. The molecule has 1 N–H and O–H groups in total. The summed E-state index contributed by atoms with van der Waals surface area (Å²) in [5.41, 5.74) is 3.03. The molecular weight excluding hydrogens is 198 g/mol. The van der Waals surface area contributed by atoms with Gasteiger partial charge in [0.25, 0.3) is 0 Å². The summed E-state index contributed by atoms with van der Waals surface area (Å²) in [6, 6.07) is 9.92. The van der Waals surface area contributed by atoms with Crippen LogP contribution in [0, 0.1) is 0 Å². The Bertz CT molecular complexity index is 312. The molecule has 0 aliphatic heterocycles. The number of fused-ring (bicyclic) bond motifs is 1. The SMILES string of the molecule is COCCC(C)NC1Cc2ccccc2C1. The van der Waals surface area contributed by atoms with E-state index < -0.39 is 0 Å². The Labute approximate surface area is 98.0 Å². The van der Waals surface area contributed by atoms with Gasteiger partial charge in [0.1, 0.15) is 0 Å². The lowest BCUT2D eigenvalue weighted by Crippen LogP contribution is -2.37. The van der Waals surface area contributed by atoms with E-state index in [1.807, 2.05) is 0 Å². The topological polar surface area (TPSA) is 21.3 Å². The maximum absolute atomic E-state index is 5.10. The minimum Gasteiger partial charge on any atom is -0.385 e. The fourth-order valence-electron chi connectivity index (χ4n) is 2.46. The van der Waals surface area contributed by atoms with Crippen LogP contribution in [0.4, 0.5) is 0 Å². The fourth-order valence-corrected chi connectivity index (χ4v) is 2.46. The third-order valence-corrected chi connectivity index (χ3v) is 3.33. The highest BCUT2D eigenvalue weighted by molar-refractivity contribution is 5.33.